The van der Waals surface area contributed by atoms with E-state index < -0.39 is 0 Å². The summed E-state index contributed by atoms with van der Waals surface area (Å²) in [6.07, 6.45) is 0. The highest BCUT2D eigenvalue weighted by atomic mass is 16.3. The number of benzene rings is 8. The Morgan fingerprint density at radius 1 is 0.391 bits per heavy atom. The Morgan fingerprint density at radius 2 is 1.00 bits per heavy atom. The second kappa shape index (κ2) is 10.8. The fraction of sp³-hybridized carbons (Fsp3) is 0. The maximum absolute atomic E-state index is 6.77. The summed E-state index contributed by atoms with van der Waals surface area (Å²) in [7, 11) is 0. The summed E-state index contributed by atoms with van der Waals surface area (Å²) in [4.78, 5) is 2.41. The zero-order chi connectivity index (χ0) is 30.5. The molecule has 0 aliphatic heterocycles. The fourth-order valence-electron chi connectivity index (χ4n) is 7.01. The van der Waals surface area contributed by atoms with Gasteiger partial charge in [-0.1, -0.05) is 146 Å². The van der Waals surface area contributed by atoms with E-state index >= 15 is 0 Å². The van der Waals surface area contributed by atoms with Crippen LogP contribution in [0.3, 0.4) is 0 Å². The first-order valence-electron chi connectivity index (χ1n) is 15.7. The van der Waals surface area contributed by atoms with Crippen LogP contribution in [0, 0.1) is 0 Å². The highest BCUT2D eigenvalue weighted by Crippen LogP contribution is 2.48. The van der Waals surface area contributed by atoms with Gasteiger partial charge in [-0.3, -0.25) is 0 Å². The van der Waals surface area contributed by atoms with E-state index in [1.807, 2.05) is 0 Å². The van der Waals surface area contributed by atoms with Crippen molar-refractivity contribution in [2.24, 2.45) is 0 Å². The van der Waals surface area contributed by atoms with Crippen LogP contribution in [0.15, 0.2) is 180 Å². The third-order valence-electron chi connectivity index (χ3n) is 9.05. The largest absolute Gasteiger partial charge is 0.455 e. The first-order chi connectivity index (χ1) is 22.8. The molecule has 1 aromatic heterocycles. The van der Waals surface area contributed by atoms with Crippen molar-refractivity contribution >= 4 is 60.5 Å². The van der Waals surface area contributed by atoms with Crippen LogP contribution in [-0.2, 0) is 0 Å². The number of fused-ring (bicyclic) bond motifs is 6. The van der Waals surface area contributed by atoms with Gasteiger partial charge in [-0.15, -0.1) is 0 Å². The molecular formula is C44H29NO. The molecule has 8 aromatic carbocycles. The van der Waals surface area contributed by atoms with Gasteiger partial charge in [0, 0.05) is 32.6 Å². The first kappa shape index (κ1) is 26.3. The van der Waals surface area contributed by atoms with Crippen molar-refractivity contribution in [3.8, 4) is 22.3 Å². The van der Waals surface area contributed by atoms with Crippen LogP contribution in [0.25, 0.3) is 65.7 Å². The van der Waals surface area contributed by atoms with E-state index in [2.05, 4.69) is 181 Å². The summed E-state index contributed by atoms with van der Waals surface area (Å²) < 4.78 is 6.77. The Hall–Kier alpha value is -6.12. The normalized spacial score (nSPS) is 11.5. The molecule has 0 aliphatic rings. The average molecular weight is 588 g/mol. The molecular weight excluding hydrogens is 558 g/mol. The second-order valence-corrected chi connectivity index (χ2v) is 11.7. The van der Waals surface area contributed by atoms with Gasteiger partial charge in [0.15, 0.2) is 0 Å². The minimum absolute atomic E-state index is 0.883. The van der Waals surface area contributed by atoms with Crippen LogP contribution in [0.5, 0.6) is 0 Å². The van der Waals surface area contributed by atoms with Gasteiger partial charge in [-0.05, 0) is 58.0 Å². The second-order valence-electron chi connectivity index (χ2n) is 11.7. The summed E-state index contributed by atoms with van der Waals surface area (Å²) in [5.74, 6) is 0. The Morgan fingerprint density at radius 3 is 1.83 bits per heavy atom. The highest BCUT2D eigenvalue weighted by Gasteiger charge is 2.23. The highest BCUT2D eigenvalue weighted by molar-refractivity contribution is 6.23. The van der Waals surface area contributed by atoms with E-state index in [4.69, 9.17) is 4.42 Å². The van der Waals surface area contributed by atoms with Crippen LogP contribution in [0.4, 0.5) is 17.1 Å². The summed E-state index contributed by atoms with van der Waals surface area (Å²) in [5.41, 5.74) is 9.88. The molecule has 0 saturated heterocycles. The summed E-state index contributed by atoms with van der Waals surface area (Å²) in [6.45, 7) is 0. The van der Waals surface area contributed by atoms with Crippen molar-refractivity contribution in [2.45, 2.75) is 0 Å². The van der Waals surface area contributed by atoms with Crippen LogP contribution >= 0.6 is 0 Å². The fourth-order valence-corrected chi connectivity index (χ4v) is 7.01. The lowest BCUT2D eigenvalue weighted by atomic mass is 9.91. The van der Waals surface area contributed by atoms with Crippen molar-refractivity contribution in [3.63, 3.8) is 0 Å². The standard InChI is InChI=1S/C44H29NO/c1-3-15-30(16-4-1)33-21-9-10-23-35(33)37-26-14-28-42-43(37)39-29-41(36-24-11-12-25-38(36)44(39)46-42)45(32-19-5-2-6-20-32)40-27-13-18-31-17-7-8-22-34(31)40/h1-29H. The molecule has 0 bridgehead atoms. The van der Waals surface area contributed by atoms with Crippen LogP contribution in [0.1, 0.15) is 0 Å². The summed E-state index contributed by atoms with van der Waals surface area (Å²) in [5, 5.41) is 6.86. The van der Waals surface area contributed by atoms with E-state index in [1.165, 1.54) is 27.5 Å². The van der Waals surface area contributed by atoms with Crippen molar-refractivity contribution in [1.82, 2.24) is 0 Å². The maximum Gasteiger partial charge on any atom is 0.143 e. The average Bonchev–Trinajstić information content (AvgIpc) is 3.52. The first-order valence-corrected chi connectivity index (χ1v) is 15.7. The summed E-state index contributed by atoms with van der Waals surface area (Å²) >= 11 is 0. The Bertz CT molecular complexity index is 2520. The van der Waals surface area contributed by atoms with Gasteiger partial charge in [-0.2, -0.15) is 0 Å². The molecule has 2 heteroatoms. The minimum Gasteiger partial charge on any atom is -0.455 e. The quantitative estimate of drug-likeness (QED) is 0.199. The number of para-hydroxylation sites is 1. The van der Waals surface area contributed by atoms with Gasteiger partial charge in [0.05, 0.1) is 11.4 Å². The molecule has 0 fully saturated rings. The van der Waals surface area contributed by atoms with Gasteiger partial charge in [0.2, 0.25) is 0 Å². The maximum atomic E-state index is 6.77. The van der Waals surface area contributed by atoms with E-state index in [9.17, 15) is 0 Å². The molecule has 0 unspecified atom stereocenters. The smallest absolute Gasteiger partial charge is 0.143 e. The van der Waals surface area contributed by atoms with Gasteiger partial charge in [0.25, 0.3) is 0 Å². The minimum atomic E-state index is 0.883. The molecule has 0 aliphatic carbocycles. The third kappa shape index (κ3) is 4.19. The number of hydrogen-bond donors (Lipinski definition) is 0. The topological polar surface area (TPSA) is 16.4 Å². The molecule has 0 atom stereocenters. The predicted molar refractivity (Wildman–Crippen MR) is 194 cm³/mol. The Kier molecular flexibility index (Phi) is 6.17. The zero-order valence-electron chi connectivity index (χ0n) is 25.1. The van der Waals surface area contributed by atoms with Crippen LogP contribution in [0.2, 0.25) is 0 Å². The molecule has 1 heterocycles. The van der Waals surface area contributed by atoms with Crippen molar-refractivity contribution in [2.75, 3.05) is 4.90 Å². The number of hydrogen-bond acceptors (Lipinski definition) is 2. The third-order valence-corrected chi connectivity index (χ3v) is 9.05. The molecule has 0 spiro atoms. The Balaban J connectivity index is 1.39. The van der Waals surface area contributed by atoms with Crippen molar-refractivity contribution in [1.29, 1.82) is 0 Å². The number of rotatable bonds is 5. The van der Waals surface area contributed by atoms with E-state index in [-0.39, 0.29) is 0 Å². The Labute approximate surface area is 267 Å². The van der Waals surface area contributed by atoms with Crippen molar-refractivity contribution < 1.29 is 4.42 Å². The molecule has 9 aromatic rings. The van der Waals surface area contributed by atoms with Crippen LogP contribution < -0.4 is 4.90 Å². The molecule has 0 amide bonds. The molecule has 0 N–H and O–H groups in total. The number of nitrogens with zero attached hydrogens (tertiary/aromatic N) is 1. The SMILES string of the molecule is c1ccc(-c2ccccc2-c2cccc3oc4c5ccccc5c(N(c5ccccc5)c5cccc6ccccc56)cc4c23)cc1. The lowest BCUT2D eigenvalue weighted by Gasteiger charge is -2.28. The van der Waals surface area contributed by atoms with Gasteiger partial charge < -0.3 is 9.32 Å². The monoisotopic (exact) mass is 587 g/mol. The summed E-state index contributed by atoms with van der Waals surface area (Å²) in [6, 6.07) is 62.6. The van der Waals surface area contributed by atoms with E-state index in [1.54, 1.807) is 0 Å². The molecule has 0 saturated carbocycles. The predicted octanol–water partition coefficient (Wildman–Crippen LogP) is 12.7. The van der Waals surface area contributed by atoms with Crippen molar-refractivity contribution in [3.05, 3.63) is 176 Å². The molecule has 46 heavy (non-hydrogen) atoms. The van der Waals surface area contributed by atoms with Crippen LogP contribution in [-0.4, -0.2) is 0 Å². The lowest BCUT2D eigenvalue weighted by Crippen LogP contribution is -2.11. The molecule has 2 nitrogen and oxygen atoms in total. The number of anilines is 3. The van der Waals surface area contributed by atoms with E-state index in [0.717, 1.165) is 55.3 Å². The zero-order valence-corrected chi connectivity index (χ0v) is 25.1. The molecule has 9 rings (SSSR count). The van der Waals surface area contributed by atoms with Gasteiger partial charge in [0.1, 0.15) is 11.2 Å². The van der Waals surface area contributed by atoms with Gasteiger partial charge in [-0.25, -0.2) is 0 Å². The lowest BCUT2D eigenvalue weighted by molar-refractivity contribution is 0.673. The molecule has 216 valence electrons. The van der Waals surface area contributed by atoms with Gasteiger partial charge >= 0.3 is 0 Å². The van der Waals surface area contributed by atoms with E-state index in [0.29, 0.717) is 0 Å². The number of furan rings is 1. The molecule has 0 radical (unpaired) electrons.